The molecule has 0 spiro atoms. The van der Waals surface area contributed by atoms with Crippen LogP contribution in [0.15, 0.2) is 0 Å². The lowest BCUT2D eigenvalue weighted by Gasteiger charge is -2.03. The average Bonchev–Trinajstić information content (AvgIpc) is 2.01. The lowest BCUT2D eigenvalue weighted by atomic mass is 10.9. The van der Waals surface area contributed by atoms with E-state index in [4.69, 9.17) is 9.11 Å². The molecule has 8 nitrogen and oxygen atoms in total. The van der Waals surface area contributed by atoms with Crippen molar-refractivity contribution in [3.63, 3.8) is 0 Å². The maximum absolute atomic E-state index is 10.8. The molecule has 11 heteroatoms. The minimum absolute atomic E-state index is 0.367. The van der Waals surface area contributed by atoms with Gasteiger partial charge in [-0.1, -0.05) is 0 Å². The van der Waals surface area contributed by atoms with Gasteiger partial charge in [0.15, 0.2) is 22.2 Å². The highest BCUT2D eigenvalue weighted by molar-refractivity contribution is 7.82. The largest absolute Gasteiger partial charge is 0.399 e. The van der Waals surface area contributed by atoms with Crippen molar-refractivity contribution in [3.8, 4) is 0 Å². The molecule has 0 aromatic carbocycles. The molecule has 2 atom stereocenters. The molecule has 0 aliphatic carbocycles. The molecule has 0 fully saturated rings. The van der Waals surface area contributed by atoms with Crippen molar-refractivity contribution in [1.82, 2.24) is 0 Å². The summed E-state index contributed by atoms with van der Waals surface area (Å²) in [5, 5.41) is 0. The van der Waals surface area contributed by atoms with Gasteiger partial charge in [0.1, 0.15) is 0 Å². The van der Waals surface area contributed by atoms with E-state index in [-0.39, 0.29) is 11.5 Å². The zero-order valence-corrected chi connectivity index (χ0v) is 9.85. The highest BCUT2D eigenvalue weighted by atomic mass is 32.3. The lowest BCUT2D eigenvalue weighted by Crippen LogP contribution is -2.17. The van der Waals surface area contributed by atoms with Crippen molar-refractivity contribution in [3.05, 3.63) is 0 Å². The van der Waals surface area contributed by atoms with Gasteiger partial charge in [-0.25, -0.2) is 16.8 Å². The molecule has 2 unspecified atom stereocenters. The SMILES string of the molecule is O=S(O)CCOS(=O)(=O)OCCS(=O)O. The van der Waals surface area contributed by atoms with Crippen molar-refractivity contribution in [2.24, 2.45) is 0 Å². The molecule has 0 saturated carbocycles. The van der Waals surface area contributed by atoms with Crippen LogP contribution in [-0.4, -0.2) is 50.7 Å². The summed E-state index contributed by atoms with van der Waals surface area (Å²) in [5.41, 5.74) is 0. The van der Waals surface area contributed by atoms with Gasteiger partial charge in [-0.2, -0.15) is 8.42 Å². The Bertz CT molecular complexity index is 295. The topological polar surface area (TPSA) is 127 Å². The van der Waals surface area contributed by atoms with Crippen molar-refractivity contribution in [2.75, 3.05) is 24.7 Å². The second-order valence-corrected chi connectivity index (χ2v) is 5.49. The summed E-state index contributed by atoms with van der Waals surface area (Å²) in [7, 11) is -4.26. The van der Waals surface area contributed by atoms with Crippen LogP contribution in [0.5, 0.6) is 0 Å². The quantitative estimate of drug-likeness (QED) is 0.526. The van der Waals surface area contributed by atoms with Gasteiger partial charge in [-0.3, -0.25) is 0 Å². The van der Waals surface area contributed by atoms with Gasteiger partial charge >= 0.3 is 10.4 Å². The second kappa shape index (κ2) is 7.38. The van der Waals surface area contributed by atoms with E-state index in [9.17, 15) is 16.8 Å². The van der Waals surface area contributed by atoms with Crippen LogP contribution in [0.3, 0.4) is 0 Å². The number of rotatable bonds is 8. The van der Waals surface area contributed by atoms with Crippen molar-refractivity contribution in [2.45, 2.75) is 0 Å². The lowest BCUT2D eigenvalue weighted by molar-refractivity contribution is 0.232. The van der Waals surface area contributed by atoms with Crippen LogP contribution in [0.25, 0.3) is 0 Å². The Morgan fingerprint density at radius 2 is 1.27 bits per heavy atom. The molecule has 92 valence electrons. The molecule has 0 saturated heterocycles. The highest BCUT2D eigenvalue weighted by Crippen LogP contribution is 1.96. The van der Waals surface area contributed by atoms with E-state index >= 15 is 0 Å². The van der Waals surface area contributed by atoms with Gasteiger partial charge in [-0.05, 0) is 0 Å². The Balaban J connectivity index is 3.77. The van der Waals surface area contributed by atoms with E-state index in [1.807, 2.05) is 0 Å². The summed E-state index contributed by atoms with van der Waals surface area (Å²) in [6.07, 6.45) is 0. The first-order valence-corrected chi connectivity index (χ1v) is 7.40. The Kier molecular flexibility index (Phi) is 7.42. The van der Waals surface area contributed by atoms with Crippen LogP contribution < -0.4 is 0 Å². The first-order valence-electron chi connectivity index (χ1n) is 3.52. The van der Waals surface area contributed by atoms with E-state index < -0.39 is 45.8 Å². The third-order valence-corrected chi connectivity index (χ3v) is 2.91. The minimum Gasteiger partial charge on any atom is -0.306 e. The molecule has 0 rings (SSSR count). The molecular weight excluding hydrogens is 272 g/mol. The summed E-state index contributed by atoms with van der Waals surface area (Å²) < 4.78 is 66.6. The van der Waals surface area contributed by atoms with Crippen molar-refractivity contribution >= 4 is 32.6 Å². The Labute approximate surface area is 91.9 Å². The summed E-state index contributed by atoms with van der Waals surface area (Å²) in [5.74, 6) is -0.733. The van der Waals surface area contributed by atoms with Crippen molar-refractivity contribution in [1.29, 1.82) is 0 Å². The predicted molar refractivity (Wildman–Crippen MR) is 52.1 cm³/mol. The van der Waals surface area contributed by atoms with E-state index in [2.05, 4.69) is 8.37 Å². The third-order valence-electron chi connectivity index (χ3n) is 0.971. The number of hydrogen-bond donors (Lipinski definition) is 2. The van der Waals surface area contributed by atoms with E-state index in [0.717, 1.165) is 0 Å². The van der Waals surface area contributed by atoms with Gasteiger partial charge in [0.2, 0.25) is 0 Å². The highest BCUT2D eigenvalue weighted by Gasteiger charge is 2.12. The normalized spacial score (nSPS) is 16.1. The molecule has 15 heavy (non-hydrogen) atoms. The van der Waals surface area contributed by atoms with Crippen LogP contribution in [0.2, 0.25) is 0 Å². The van der Waals surface area contributed by atoms with Gasteiger partial charge in [0.25, 0.3) is 0 Å². The molecule has 0 heterocycles. The fourth-order valence-corrected chi connectivity index (χ4v) is 1.75. The molecular formula is C4H10O8S3. The van der Waals surface area contributed by atoms with Crippen molar-refractivity contribution < 1.29 is 34.3 Å². The Morgan fingerprint density at radius 1 is 0.933 bits per heavy atom. The minimum atomic E-state index is -4.26. The zero-order chi connectivity index (χ0) is 11.9. The average molecular weight is 282 g/mol. The van der Waals surface area contributed by atoms with Crippen LogP contribution in [-0.2, 0) is 40.9 Å². The fraction of sp³-hybridized carbons (Fsp3) is 1.00. The predicted octanol–water partition coefficient (Wildman–Crippen LogP) is -1.29. The van der Waals surface area contributed by atoms with Gasteiger partial charge in [-0.15, -0.1) is 0 Å². The molecule has 0 aliphatic rings. The zero-order valence-electron chi connectivity index (χ0n) is 7.40. The van der Waals surface area contributed by atoms with Gasteiger partial charge < -0.3 is 9.11 Å². The smallest absolute Gasteiger partial charge is 0.306 e. The summed E-state index contributed by atoms with van der Waals surface area (Å²) >= 11 is -4.29. The summed E-state index contributed by atoms with van der Waals surface area (Å²) in [6.45, 7) is -0.985. The van der Waals surface area contributed by atoms with Crippen LogP contribution in [0, 0.1) is 0 Å². The maximum atomic E-state index is 10.8. The first kappa shape index (κ1) is 15.1. The molecule has 0 aromatic heterocycles. The molecule has 0 amide bonds. The Morgan fingerprint density at radius 3 is 1.53 bits per heavy atom. The number of hydrogen-bond acceptors (Lipinski definition) is 6. The van der Waals surface area contributed by atoms with E-state index in [1.54, 1.807) is 0 Å². The standard InChI is InChI=1S/C4H10O8S3/c5-13(6)3-1-11-15(9,10)12-2-4-14(7)8/h1-4H2,(H,5,6)(H,7,8). The monoisotopic (exact) mass is 282 g/mol. The molecule has 0 bridgehead atoms. The fourth-order valence-electron chi connectivity index (χ4n) is 0.449. The molecule has 0 aliphatic heterocycles. The van der Waals surface area contributed by atoms with Crippen LogP contribution >= 0.6 is 0 Å². The molecule has 0 aromatic rings. The van der Waals surface area contributed by atoms with Crippen LogP contribution in [0.1, 0.15) is 0 Å². The molecule has 0 radical (unpaired) electrons. The van der Waals surface area contributed by atoms with Gasteiger partial charge in [0, 0.05) is 0 Å². The summed E-state index contributed by atoms with van der Waals surface area (Å²) in [6, 6.07) is 0. The van der Waals surface area contributed by atoms with Gasteiger partial charge in [0.05, 0.1) is 24.7 Å². The third kappa shape index (κ3) is 10.4. The van der Waals surface area contributed by atoms with E-state index in [1.165, 1.54) is 0 Å². The van der Waals surface area contributed by atoms with E-state index in [0.29, 0.717) is 0 Å². The first-order chi connectivity index (χ1) is 6.83. The summed E-state index contributed by atoms with van der Waals surface area (Å²) in [4.78, 5) is 0. The van der Waals surface area contributed by atoms with Crippen LogP contribution in [0.4, 0.5) is 0 Å². The second-order valence-electron chi connectivity index (χ2n) is 2.10. The molecule has 2 N–H and O–H groups in total. The Hall–Kier alpha value is 0.0900. The maximum Gasteiger partial charge on any atom is 0.399 e.